The first-order valence-corrected chi connectivity index (χ1v) is 9.59. The van der Waals surface area contributed by atoms with Gasteiger partial charge in [-0.3, -0.25) is 19.3 Å². The van der Waals surface area contributed by atoms with E-state index >= 15 is 0 Å². The first-order valence-electron chi connectivity index (χ1n) is 9.59. The maximum absolute atomic E-state index is 12.6. The minimum atomic E-state index is -0.315. The quantitative estimate of drug-likeness (QED) is 0.728. The number of hydrogen-bond acceptors (Lipinski definition) is 5. The standard InChI is InChI=1S/C20H23N5O3/c1-2-22-10-8-21-20(22)24-13-11-23(12-14-24)17(26)7-9-25-18(27)15-5-3-4-6-16(15)19(25)28/h3-6,8,10H,2,7,9,11-14H2,1H3. The van der Waals surface area contributed by atoms with Gasteiger partial charge in [-0.1, -0.05) is 12.1 Å². The molecule has 3 heterocycles. The first kappa shape index (κ1) is 18.2. The van der Waals surface area contributed by atoms with Crippen LogP contribution in [-0.2, 0) is 11.3 Å². The summed E-state index contributed by atoms with van der Waals surface area (Å²) in [7, 11) is 0. The van der Waals surface area contributed by atoms with E-state index in [-0.39, 0.29) is 30.7 Å². The Morgan fingerprint density at radius 2 is 1.68 bits per heavy atom. The predicted molar refractivity (Wildman–Crippen MR) is 103 cm³/mol. The SMILES string of the molecule is CCn1ccnc1N1CCN(C(=O)CCN2C(=O)c3ccccc3C2=O)CC1. The van der Waals surface area contributed by atoms with Crippen molar-refractivity contribution in [3.8, 4) is 0 Å². The molecule has 1 aromatic carbocycles. The van der Waals surface area contributed by atoms with E-state index in [9.17, 15) is 14.4 Å². The third-order valence-electron chi connectivity index (χ3n) is 5.38. The molecule has 0 bridgehead atoms. The van der Waals surface area contributed by atoms with Gasteiger partial charge in [0.1, 0.15) is 0 Å². The zero-order valence-electron chi connectivity index (χ0n) is 15.9. The lowest BCUT2D eigenvalue weighted by molar-refractivity contribution is -0.131. The Balaban J connectivity index is 1.31. The lowest BCUT2D eigenvalue weighted by Gasteiger charge is -2.35. The molecule has 3 amide bonds. The van der Waals surface area contributed by atoms with Crippen LogP contribution >= 0.6 is 0 Å². The summed E-state index contributed by atoms with van der Waals surface area (Å²) >= 11 is 0. The summed E-state index contributed by atoms with van der Waals surface area (Å²) in [6, 6.07) is 6.78. The average Bonchev–Trinajstić information content (AvgIpc) is 3.30. The van der Waals surface area contributed by atoms with Crippen LogP contribution in [0.25, 0.3) is 0 Å². The van der Waals surface area contributed by atoms with Crippen molar-refractivity contribution in [1.29, 1.82) is 0 Å². The van der Waals surface area contributed by atoms with Gasteiger partial charge in [0.2, 0.25) is 11.9 Å². The van der Waals surface area contributed by atoms with E-state index < -0.39 is 0 Å². The second-order valence-electron chi connectivity index (χ2n) is 6.94. The lowest BCUT2D eigenvalue weighted by atomic mass is 10.1. The molecule has 1 aromatic heterocycles. The predicted octanol–water partition coefficient (Wildman–Crippen LogP) is 1.24. The van der Waals surface area contributed by atoms with Crippen LogP contribution in [0.5, 0.6) is 0 Å². The Hall–Kier alpha value is -3.16. The third-order valence-corrected chi connectivity index (χ3v) is 5.38. The van der Waals surface area contributed by atoms with Crippen molar-refractivity contribution < 1.29 is 14.4 Å². The number of rotatable bonds is 5. The highest BCUT2D eigenvalue weighted by Crippen LogP contribution is 2.22. The van der Waals surface area contributed by atoms with E-state index in [0.29, 0.717) is 24.2 Å². The summed E-state index contributed by atoms with van der Waals surface area (Å²) in [6.45, 7) is 5.70. The van der Waals surface area contributed by atoms with Gasteiger partial charge in [-0.05, 0) is 19.1 Å². The normalized spacial score (nSPS) is 16.7. The van der Waals surface area contributed by atoms with E-state index in [1.165, 1.54) is 4.90 Å². The van der Waals surface area contributed by atoms with Crippen molar-refractivity contribution in [3.63, 3.8) is 0 Å². The van der Waals surface area contributed by atoms with Crippen LogP contribution < -0.4 is 4.90 Å². The highest BCUT2D eigenvalue weighted by molar-refractivity contribution is 6.21. The molecule has 0 spiro atoms. The highest BCUT2D eigenvalue weighted by atomic mass is 16.2. The number of imide groups is 1. The van der Waals surface area contributed by atoms with Crippen LogP contribution in [0, 0.1) is 0 Å². The lowest BCUT2D eigenvalue weighted by Crippen LogP contribution is -2.50. The maximum Gasteiger partial charge on any atom is 0.261 e. The minimum absolute atomic E-state index is 0.0324. The summed E-state index contributed by atoms with van der Waals surface area (Å²) in [4.78, 5) is 46.9. The smallest absolute Gasteiger partial charge is 0.261 e. The Labute approximate surface area is 163 Å². The van der Waals surface area contributed by atoms with Crippen LogP contribution in [0.1, 0.15) is 34.1 Å². The van der Waals surface area contributed by atoms with Crippen LogP contribution in [0.2, 0.25) is 0 Å². The minimum Gasteiger partial charge on any atom is -0.339 e. The van der Waals surface area contributed by atoms with Gasteiger partial charge >= 0.3 is 0 Å². The van der Waals surface area contributed by atoms with Crippen molar-refractivity contribution in [3.05, 3.63) is 47.8 Å². The van der Waals surface area contributed by atoms with Gasteiger partial charge in [-0.15, -0.1) is 0 Å². The van der Waals surface area contributed by atoms with E-state index in [0.717, 1.165) is 25.6 Å². The Morgan fingerprint density at radius 3 is 2.29 bits per heavy atom. The topological polar surface area (TPSA) is 78.8 Å². The van der Waals surface area contributed by atoms with E-state index in [2.05, 4.69) is 21.4 Å². The van der Waals surface area contributed by atoms with Gasteiger partial charge in [-0.2, -0.15) is 0 Å². The number of aryl methyl sites for hydroxylation is 1. The van der Waals surface area contributed by atoms with Gasteiger partial charge in [0.05, 0.1) is 11.1 Å². The molecule has 0 N–H and O–H groups in total. The van der Waals surface area contributed by atoms with E-state index in [4.69, 9.17) is 0 Å². The summed E-state index contributed by atoms with van der Waals surface area (Å²) in [5.74, 6) is 0.268. The molecule has 0 atom stereocenters. The number of nitrogens with zero attached hydrogens (tertiary/aromatic N) is 5. The molecule has 0 unspecified atom stereocenters. The molecule has 2 aliphatic heterocycles. The van der Waals surface area contributed by atoms with Crippen molar-refractivity contribution in [2.75, 3.05) is 37.6 Å². The third kappa shape index (κ3) is 3.15. The summed E-state index contributed by atoms with van der Waals surface area (Å²) in [6.07, 6.45) is 3.89. The van der Waals surface area contributed by atoms with Crippen LogP contribution in [-0.4, -0.2) is 69.8 Å². The second-order valence-corrected chi connectivity index (χ2v) is 6.94. The van der Waals surface area contributed by atoms with Crippen LogP contribution in [0.15, 0.2) is 36.7 Å². The van der Waals surface area contributed by atoms with E-state index in [1.807, 2.05) is 6.20 Å². The summed E-state index contributed by atoms with van der Waals surface area (Å²) in [5.41, 5.74) is 0.833. The molecular formula is C20H23N5O3. The highest BCUT2D eigenvalue weighted by Gasteiger charge is 2.35. The molecular weight excluding hydrogens is 358 g/mol. The number of carbonyl (C=O) groups excluding carboxylic acids is 3. The number of hydrogen-bond donors (Lipinski definition) is 0. The molecule has 28 heavy (non-hydrogen) atoms. The summed E-state index contributed by atoms with van der Waals surface area (Å²) in [5, 5.41) is 0. The molecule has 0 radical (unpaired) electrons. The van der Waals surface area contributed by atoms with Crippen molar-refractivity contribution in [2.24, 2.45) is 0 Å². The number of aromatic nitrogens is 2. The zero-order valence-corrected chi connectivity index (χ0v) is 15.9. The summed E-state index contributed by atoms with van der Waals surface area (Å²) < 4.78 is 2.08. The number of piperazine rings is 1. The van der Waals surface area contributed by atoms with Crippen LogP contribution in [0.3, 0.4) is 0 Å². The number of amides is 3. The zero-order chi connectivity index (χ0) is 19.7. The second kappa shape index (κ2) is 7.46. The first-order chi connectivity index (χ1) is 13.6. The van der Waals surface area contributed by atoms with Crippen molar-refractivity contribution in [1.82, 2.24) is 19.4 Å². The Kier molecular flexibility index (Phi) is 4.85. The van der Waals surface area contributed by atoms with Crippen molar-refractivity contribution in [2.45, 2.75) is 19.9 Å². The molecule has 0 aliphatic carbocycles. The number of anilines is 1. The van der Waals surface area contributed by atoms with Crippen molar-refractivity contribution >= 4 is 23.7 Å². The fourth-order valence-electron chi connectivity index (χ4n) is 3.80. The van der Waals surface area contributed by atoms with Gasteiger partial charge in [0, 0.05) is 58.1 Å². The van der Waals surface area contributed by atoms with Gasteiger partial charge < -0.3 is 14.4 Å². The van der Waals surface area contributed by atoms with Gasteiger partial charge in [-0.25, -0.2) is 4.98 Å². The number of imidazole rings is 1. The monoisotopic (exact) mass is 381 g/mol. The molecule has 1 saturated heterocycles. The van der Waals surface area contributed by atoms with Crippen LogP contribution in [0.4, 0.5) is 5.95 Å². The number of fused-ring (bicyclic) bond motifs is 1. The molecule has 0 saturated carbocycles. The largest absolute Gasteiger partial charge is 0.339 e. The molecule has 1 fully saturated rings. The fraction of sp³-hybridized carbons (Fsp3) is 0.400. The maximum atomic E-state index is 12.6. The molecule has 146 valence electrons. The van der Waals surface area contributed by atoms with Gasteiger partial charge in [0.25, 0.3) is 11.8 Å². The van der Waals surface area contributed by atoms with Gasteiger partial charge in [0.15, 0.2) is 0 Å². The molecule has 4 rings (SSSR count). The molecule has 2 aliphatic rings. The molecule has 8 nitrogen and oxygen atoms in total. The average molecular weight is 381 g/mol. The van der Waals surface area contributed by atoms with E-state index in [1.54, 1.807) is 35.4 Å². The molecule has 2 aromatic rings. The number of carbonyl (C=O) groups is 3. The Bertz CT molecular complexity index is 879. The fourth-order valence-corrected chi connectivity index (χ4v) is 3.80. The number of benzene rings is 1. The molecule has 8 heteroatoms. The Morgan fingerprint density at radius 1 is 1.04 bits per heavy atom.